The fraction of sp³-hybridized carbons (Fsp3) is 0.240. The number of esters is 2. The van der Waals surface area contributed by atoms with Gasteiger partial charge in [-0.3, -0.25) is 0 Å². The van der Waals surface area contributed by atoms with E-state index in [1.54, 1.807) is 32.1 Å². The second kappa shape index (κ2) is 11.0. The standard InChI is InChI=1S/C25H25BrN2O6/c1-5-33-24(30)21-15(3)27-25(31)28-22(21)17-12-18(26)23(19(13-17)32-4)34-20(29)11-10-16-9-7-6-8-14(16)2/h6-13,22H,5H2,1-4H3,(H2,27,28,31)/b11-10+. The topological polar surface area (TPSA) is 103 Å². The minimum absolute atomic E-state index is 0.171. The Morgan fingerprint density at radius 3 is 2.59 bits per heavy atom. The quantitative estimate of drug-likeness (QED) is 0.310. The third-order valence-corrected chi connectivity index (χ3v) is 5.73. The Hall–Kier alpha value is -3.59. The molecule has 0 aliphatic carbocycles. The summed E-state index contributed by atoms with van der Waals surface area (Å²) in [7, 11) is 1.43. The van der Waals surface area contributed by atoms with Gasteiger partial charge in [0.05, 0.1) is 29.8 Å². The largest absolute Gasteiger partial charge is 0.493 e. The lowest BCUT2D eigenvalue weighted by Crippen LogP contribution is -2.45. The van der Waals surface area contributed by atoms with Crippen LogP contribution >= 0.6 is 15.9 Å². The van der Waals surface area contributed by atoms with Crippen molar-refractivity contribution in [3.05, 3.63) is 74.9 Å². The van der Waals surface area contributed by atoms with Gasteiger partial charge in [-0.15, -0.1) is 0 Å². The van der Waals surface area contributed by atoms with Gasteiger partial charge in [0, 0.05) is 11.8 Å². The first-order valence-electron chi connectivity index (χ1n) is 10.5. The van der Waals surface area contributed by atoms with Crippen LogP contribution in [0.25, 0.3) is 6.08 Å². The molecule has 178 valence electrons. The molecule has 0 fully saturated rings. The molecule has 3 rings (SSSR count). The first-order valence-corrected chi connectivity index (χ1v) is 11.3. The number of allylic oxidation sites excluding steroid dienone is 1. The summed E-state index contributed by atoms with van der Waals surface area (Å²) in [4.78, 5) is 37.2. The number of hydrogen-bond donors (Lipinski definition) is 2. The van der Waals surface area contributed by atoms with Gasteiger partial charge in [0.15, 0.2) is 11.5 Å². The highest BCUT2D eigenvalue weighted by molar-refractivity contribution is 9.10. The van der Waals surface area contributed by atoms with Crippen LogP contribution in [-0.4, -0.2) is 31.7 Å². The molecule has 0 radical (unpaired) electrons. The fourth-order valence-electron chi connectivity index (χ4n) is 3.49. The summed E-state index contributed by atoms with van der Waals surface area (Å²) in [6, 6.07) is 9.66. The number of halogens is 1. The van der Waals surface area contributed by atoms with Crippen LogP contribution in [0.3, 0.4) is 0 Å². The maximum atomic E-state index is 12.6. The van der Waals surface area contributed by atoms with Crippen molar-refractivity contribution in [3.63, 3.8) is 0 Å². The number of nitrogens with one attached hydrogen (secondary N) is 2. The molecule has 2 aromatic carbocycles. The lowest BCUT2D eigenvalue weighted by atomic mass is 9.95. The van der Waals surface area contributed by atoms with Crippen molar-refractivity contribution in [1.82, 2.24) is 10.6 Å². The van der Waals surface area contributed by atoms with Crippen LogP contribution in [0.15, 0.2) is 58.2 Å². The van der Waals surface area contributed by atoms with Gasteiger partial charge in [-0.25, -0.2) is 14.4 Å². The zero-order valence-corrected chi connectivity index (χ0v) is 20.8. The van der Waals surface area contributed by atoms with Crippen molar-refractivity contribution in [2.75, 3.05) is 13.7 Å². The highest BCUT2D eigenvalue weighted by Gasteiger charge is 2.33. The highest BCUT2D eigenvalue weighted by atomic mass is 79.9. The average Bonchev–Trinajstić information content (AvgIpc) is 2.79. The third kappa shape index (κ3) is 5.66. The molecule has 0 aromatic heterocycles. The summed E-state index contributed by atoms with van der Waals surface area (Å²) in [6.07, 6.45) is 3.01. The maximum absolute atomic E-state index is 12.6. The molecule has 9 heteroatoms. The molecule has 1 heterocycles. The Morgan fingerprint density at radius 1 is 1.18 bits per heavy atom. The molecular weight excluding hydrogens is 504 g/mol. The van der Waals surface area contributed by atoms with Gasteiger partial charge < -0.3 is 24.8 Å². The second-order valence-electron chi connectivity index (χ2n) is 7.44. The van der Waals surface area contributed by atoms with Gasteiger partial charge in [-0.1, -0.05) is 24.3 Å². The molecular formula is C25H25BrN2O6. The van der Waals surface area contributed by atoms with Crippen LogP contribution in [-0.2, 0) is 14.3 Å². The minimum Gasteiger partial charge on any atom is -0.493 e. The van der Waals surface area contributed by atoms with E-state index in [0.29, 0.717) is 15.7 Å². The lowest BCUT2D eigenvalue weighted by molar-refractivity contribution is -0.139. The van der Waals surface area contributed by atoms with Gasteiger partial charge in [0.1, 0.15) is 0 Å². The van der Waals surface area contributed by atoms with Crippen molar-refractivity contribution in [3.8, 4) is 11.5 Å². The van der Waals surface area contributed by atoms with Gasteiger partial charge in [0.2, 0.25) is 0 Å². The molecule has 0 bridgehead atoms. The van der Waals surface area contributed by atoms with E-state index in [1.165, 1.54) is 13.2 Å². The number of methoxy groups -OCH3 is 1. The molecule has 2 amide bonds. The molecule has 1 atom stereocenters. The van der Waals surface area contributed by atoms with Crippen LogP contribution in [0.4, 0.5) is 4.79 Å². The van der Waals surface area contributed by atoms with E-state index in [0.717, 1.165) is 11.1 Å². The molecule has 2 N–H and O–H groups in total. The summed E-state index contributed by atoms with van der Waals surface area (Å²) < 4.78 is 16.5. The summed E-state index contributed by atoms with van der Waals surface area (Å²) in [5, 5.41) is 5.32. The molecule has 1 aliphatic heterocycles. The Morgan fingerprint density at radius 2 is 1.91 bits per heavy atom. The molecule has 0 spiro atoms. The van der Waals surface area contributed by atoms with Gasteiger partial charge in [-0.05, 0) is 71.6 Å². The molecule has 8 nitrogen and oxygen atoms in total. The van der Waals surface area contributed by atoms with Crippen LogP contribution in [0.1, 0.15) is 36.6 Å². The normalized spacial score (nSPS) is 15.6. The molecule has 1 aliphatic rings. The molecule has 0 saturated heterocycles. The van der Waals surface area contributed by atoms with Crippen LogP contribution in [0, 0.1) is 6.92 Å². The summed E-state index contributed by atoms with van der Waals surface area (Å²) in [6.45, 7) is 5.47. The van der Waals surface area contributed by atoms with Gasteiger partial charge >= 0.3 is 18.0 Å². The number of carbonyl (C=O) groups is 3. The first-order chi connectivity index (χ1) is 16.2. The monoisotopic (exact) mass is 528 g/mol. The molecule has 1 unspecified atom stereocenters. The van der Waals surface area contributed by atoms with Crippen molar-refractivity contribution < 1.29 is 28.6 Å². The number of rotatable bonds is 7. The van der Waals surface area contributed by atoms with E-state index in [2.05, 4.69) is 26.6 Å². The first kappa shape index (κ1) is 25.0. The molecule has 0 saturated carbocycles. The number of urea groups is 1. The van der Waals surface area contributed by atoms with Crippen molar-refractivity contribution in [2.24, 2.45) is 0 Å². The summed E-state index contributed by atoms with van der Waals surface area (Å²) in [5.74, 6) is -0.724. The number of aryl methyl sites for hydroxylation is 1. The summed E-state index contributed by atoms with van der Waals surface area (Å²) in [5.41, 5.74) is 3.12. The Labute approximate surface area is 206 Å². The number of benzene rings is 2. The predicted molar refractivity (Wildman–Crippen MR) is 130 cm³/mol. The fourth-order valence-corrected chi connectivity index (χ4v) is 4.04. The van der Waals surface area contributed by atoms with E-state index in [1.807, 2.05) is 31.2 Å². The number of carbonyl (C=O) groups excluding carboxylic acids is 3. The number of hydrogen-bond acceptors (Lipinski definition) is 6. The van der Waals surface area contributed by atoms with Crippen LogP contribution in [0.5, 0.6) is 11.5 Å². The zero-order valence-electron chi connectivity index (χ0n) is 19.2. The van der Waals surface area contributed by atoms with E-state index < -0.39 is 24.0 Å². The third-order valence-electron chi connectivity index (χ3n) is 5.14. The predicted octanol–water partition coefficient (Wildman–Crippen LogP) is 4.58. The minimum atomic E-state index is -0.788. The van der Waals surface area contributed by atoms with Crippen molar-refractivity contribution in [1.29, 1.82) is 0 Å². The van der Waals surface area contributed by atoms with Gasteiger partial charge in [-0.2, -0.15) is 0 Å². The van der Waals surface area contributed by atoms with E-state index >= 15 is 0 Å². The van der Waals surface area contributed by atoms with E-state index in [4.69, 9.17) is 14.2 Å². The number of amides is 2. The zero-order chi connectivity index (χ0) is 24.8. The maximum Gasteiger partial charge on any atom is 0.338 e. The van der Waals surface area contributed by atoms with Crippen LogP contribution in [0.2, 0.25) is 0 Å². The van der Waals surface area contributed by atoms with Crippen LogP contribution < -0.4 is 20.1 Å². The lowest BCUT2D eigenvalue weighted by Gasteiger charge is -2.28. The number of ether oxygens (including phenoxy) is 3. The summed E-state index contributed by atoms with van der Waals surface area (Å²) >= 11 is 3.42. The van der Waals surface area contributed by atoms with Gasteiger partial charge in [0.25, 0.3) is 0 Å². The Balaban J connectivity index is 1.91. The van der Waals surface area contributed by atoms with Crippen molar-refractivity contribution >= 4 is 40.0 Å². The smallest absolute Gasteiger partial charge is 0.338 e. The molecule has 34 heavy (non-hydrogen) atoms. The van der Waals surface area contributed by atoms with Crippen molar-refractivity contribution in [2.45, 2.75) is 26.8 Å². The second-order valence-corrected chi connectivity index (χ2v) is 8.29. The SMILES string of the molecule is CCOC(=O)C1=C(C)NC(=O)NC1c1cc(Br)c(OC(=O)/C=C/c2ccccc2C)c(OC)c1. The van der Waals surface area contributed by atoms with E-state index in [-0.39, 0.29) is 23.7 Å². The van der Waals surface area contributed by atoms with E-state index in [9.17, 15) is 14.4 Å². The highest BCUT2D eigenvalue weighted by Crippen LogP contribution is 2.40. The molecule has 2 aromatic rings. The average molecular weight is 529 g/mol. The Bertz CT molecular complexity index is 1190. The Kier molecular flexibility index (Phi) is 8.12.